The number of benzene rings is 2. The molecule has 4 nitrogen and oxygen atoms in total. The summed E-state index contributed by atoms with van der Waals surface area (Å²) in [6.45, 7) is 5.37. The number of anilines is 1. The fourth-order valence-corrected chi connectivity index (χ4v) is 2.27. The lowest BCUT2D eigenvalue weighted by atomic mass is 10.1. The third-order valence-electron chi connectivity index (χ3n) is 3.35. The Labute approximate surface area is 130 Å². The fraction of sp³-hybridized carbons (Fsp3) is 0.222. The Morgan fingerprint density at radius 2 is 1.68 bits per heavy atom. The fourth-order valence-electron chi connectivity index (χ4n) is 2.27. The zero-order valence-corrected chi connectivity index (χ0v) is 13.0. The topological polar surface area (TPSA) is 58.2 Å². The molecule has 0 fully saturated rings. The van der Waals surface area contributed by atoms with Crippen molar-refractivity contribution in [2.45, 2.75) is 26.9 Å². The highest BCUT2D eigenvalue weighted by molar-refractivity contribution is 6.03. The lowest BCUT2D eigenvalue weighted by Gasteiger charge is -2.21. The second-order valence-corrected chi connectivity index (χ2v) is 5.33. The molecule has 22 heavy (non-hydrogen) atoms. The van der Waals surface area contributed by atoms with E-state index in [0.29, 0.717) is 5.56 Å². The Morgan fingerprint density at radius 3 is 2.27 bits per heavy atom. The highest BCUT2D eigenvalue weighted by Crippen LogP contribution is 2.17. The van der Waals surface area contributed by atoms with Crippen LogP contribution in [0.2, 0.25) is 0 Å². The van der Waals surface area contributed by atoms with Gasteiger partial charge in [0, 0.05) is 18.2 Å². The molecule has 0 aliphatic carbocycles. The number of rotatable bonds is 5. The van der Waals surface area contributed by atoms with E-state index in [0.717, 1.165) is 16.8 Å². The van der Waals surface area contributed by atoms with Crippen molar-refractivity contribution in [2.75, 3.05) is 5.32 Å². The van der Waals surface area contributed by atoms with Crippen molar-refractivity contribution in [1.29, 1.82) is 0 Å². The summed E-state index contributed by atoms with van der Waals surface area (Å²) in [6.07, 6.45) is -0.790. The van der Waals surface area contributed by atoms with Gasteiger partial charge in [-0.15, -0.1) is 0 Å². The minimum atomic E-state index is -0.790. The molecule has 0 bridgehead atoms. The van der Waals surface area contributed by atoms with Gasteiger partial charge in [0.15, 0.2) is 6.17 Å². The first-order valence-electron chi connectivity index (χ1n) is 7.17. The second kappa shape index (κ2) is 6.89. The van der Waals surface area contributed by atoms with Crippen LogP contribution in [-0.2, 0) is 4.79 Å². The lowest BCUT2D eigenvalue weighted by Crippen LogP contribution is -2.45. The summed E-state index contributed by atoms with van der Waals surface area (Å²) in [5, 5.41) is 5.79. The summed E-state index contributed by atoms with van der Waals surface area (Å²) in [5.74, 6) is -0.428. The molecular formula is C18H20N2O2. The Kier molecular flexibility index (Phi) is 4.94. The van der Waals surface area contributed by atoms with Crippen molar-refractivity contribution in [3.8, 4) is 0 Å². The SMILES string of the molecule is CC(=O)NC(Nc1ccc(C)cc1C)C(=O)c1ccccc1. The van der Waals surface area contributed by atoms with Crippen LogP contribution in [-0.4, -0.2) is 17.9 Å². The van der Waals surface area contributed by atoms with Crippen molar-refractivity contribution < 1.29 is 9.59 Å². The normalized spacial score (nSPS) is 11.6. The number of Topliss-reactive ketones (excluding diaryl/α,β-unsaturated/α-hetero) is 1. The van der Waals surface area contributed by atoms with Crippen LogP contribution in [0.3, 0.4) is 0 Å². The molecule has 114 valence electrons. The number of carbonyl (C=O) groups excluding carboxylic acids is 2. The summed E-state index contributed by atoms with van der Waals surface area (Å²) in [4.78, 5) is 24.0. The van der Waals surface area contributed by atoms with Crippen molar-refractivity contribution in [3.63, 3.8) is 0 Å². The Morgan fingerprint density at radius 1 is 1.00 bits per heavy atom. The van der Waals surface area contributed by atoms with Gasteiger partial charge in [-0.25, -0.2) is 0 Å². The van der Waals surface area contributed by atoms with E-state index in [1.807, 2.05) is 38.1 Å². The quantitative estimate of drug-likeness (QED) is 0.658. The van der Waals surface area contributed by atoms with Gasteiger partial charge in [0.2, 0.25) is 11.7 Å². The highest BCUT2D eigenvalue weighted by atomic mass is 16.2. The van der Waals surface area contributed by atoms with E-state index in [4.69, 9.17) is 0 Å². The first-order chi connectivity index (χ1) is 10.5. The van der Waals surface area contributed by atoms with Gasteiger partial charge >= 0.3 is 0 Å². The molecule has 0 saturated heterocycles. The maximum atomic E-state index is 12.6. The Bertz CT molecular complexity index is 681. The summed E-state index contributed by atoms with van der Waals surface area (Å²) in [7, 11) is 0. The standard InChI is InChI=1S/C18H20N2O2/c1-12-9-10-16(13(2)11-12)20-18(19-14(3)21)17(22)15-7-5-4-6-8-15/h4-11,18,20H,1-3H3,(H,19,21). The van der Waals surface area contributed by atoms with E-state index in [1.54, 1.807) is 24.3 Å². The number of ketones is 1. The van der Waals surface area contributed by atoms with E-state index in [1.165, 1.54) is 6.92 Å². The molecule has 0 aliphatic heterocycles. The molecule has 0 aromatic heterocycles. The summed E-state index contributed by atoms with van der Waals surface area (Å²) < 4.78 is 0. The van der Waals surface area contributed by atoms with Crippen LogP contribution in [0.5, 0.6) is 0 Å². The van der Waals surface area contributed by atoms with Crippen molar-refractivity contribution >= 4 is 17.4 Å². The molecule has 1 atom stereocenters. The number of aryl methyl sites for hydroxylation is 2. The summed E-state index contributed by atoms with van der Waals surface area (Å²) in [6, 6.07) is 14.8. The lowest BCUT2D eigenvalue weighted by molar-refractivity contribution is -0.119. The van der Waals surface area contributed by atoms with Crippen molar-refractivity contribution in [1.82, 2.24) is 5.32 Å². The highest BCUT2D eigenvalue weighted by Gasteiger charge is 2.21. The Hall–Kier alpha value is -2.62. The van der Waals surface area contributed by atoms with Crippen LogP contribution >= 0.6 is 0 Å². The predicted octanol–water partition coefficient (Wildman–Crippen LogP) is 3.06. The van der Waals surface area contributed by atoms with Gasteiger partial charge in [-0.3, -0.25) is 9.59 Å². The van der Waals surface area contributed by atoms with Gasteiger partial charge in [0.25, 0.3) is 0 Å². The Balaban J connectivity index is 2.26. The van der Waals surface area contributed by atoms with Crippen molar-refractivity contribution in [3.05, 3.63) is 65.2 Å². The monoisotopic (exact) mass is 296 g/mol. The van der Waals surface area contributed by atoms with Crippen molar-refractivity contribution in [2.24, 2.45) is 0 Å². The van der Waals surface area contributed by atoms with E-state index in [9.17, 15) is 9.59 Å². The molecule has 0 spiro atoms. The average Bonchev–Trinajstić information content (AvgIpc) is 2.49. The molecule has 0 radical (unpaired) electrons. The van der Waals surface area contributed by atoms with E-state index < -0.39 is 6.17 Å². The van der Waals surface area contributed by atoms with Gasteiger partial charge in [-0.1, -0.05) is 48.0 Å². The second-order valence-electron chi connectivity index (χ2n) is 5.33. The number of carbonyl (C=O) groups is 2. The molecule has 1 unspecified atom stereocenters. The minimum absolute atomic E-state index is 0.171. The zero-order valence-electron chi connectivity index (χ0n) is 13.0. The molecule has 1 amide bonds. The van der Waals surface area contributed by atoms with Crippen LogP contribution in [0.1, 0.15) is 28.4 Å². The first kappa shape index (κ1) is 15.8. The number of hydrogen-bond acceptors (Lipinski definition) is 3. The molecular weight excluding hydrogens is 276 g/mol. The predicted molar refractivity (Wildman–Crippen MR) is 87.9 cm³/mol. The average molecular weight is 296 g/mol. The molecule has 0 aliphatic rings. The van der Waals surface area contributed by atoms with Crippen LogP contribution < -0.4 is 10.6 Å². The molecule has 2 rings (SSSR count). The minimum Gasteiger partial charge on any atom is -0.359 e. The number of hydrogen-bond donors (Lipinski definition) is 2. The maximum absolute atomic E-state index is 12.6. The number of nitrogens with one attached hydrogen (secondary N) is 2. The maximum Gasteiger partial charge on any atom is 0.218 e. The third-order valence-corrected chi connectivity index (χ3v) is 3.35. The van der Waals surface area contributed by atoms with Gasteiger partial charge < -0.3 is 10.6 Å². The van der Waals surface area contributed by atoms with Gasteiger partial charge in [-0.2, -0.15) is 0 Å². The number of amides is 1. The van der Waals surface area contributed by atoms with Gasteiger partial charge in [-0.05, 0) is 25.5 Å². The zero-order chi connectivity index (χ0) is 16.1. The smallest absolute Gasteiger partial charge is 0.218 e. The molecule has 2 aromatic rings. The molecule has 2 aromatic carbocycles. The third kappa shape index (κ3) is 3.95. The molecule has 4 heteroatoms. The molecule has 2 N–H and O–H groups in total. The van der Waals surface area contributed by atoms with Gasteiger partial charge in [0.1, 0.15) is 0 Å². The van der Waals surface area contributed by atoms with Crippen LogP contribution in [0.15, 0.2) is 48.5 Å². The summed E-state index contributed by atoms with van der Waals surface area (Å²) in [5.41, 5.74) is 3.55. The van der Waals surface area contributed by atoms with Gasteiger partial charge in [0.05, 0.1) is 0 Å². The summed E-state index contributed by atoms with van der Waals surface area (Å²) >= 11 is 0. The first-order valence-corrected chi connectivity index (χ1v) is 7.17. The van der Waals surface area contributed by atoms with Crippen LogP contribution in [0.25, 0.3) is 0 Å². The largest absolute Gasteiger partial charge is 0.359 e. The van der Waals surface area contributed by atoms with E-state index >= 15 is 0 Å². The molecule has 0 heterocycles. The van der Waals surface area contributed by atoms with E-state index in [-0.39, 0.29) is 11.7 Å². The van der Waals surface area contributed by atoms with Crippen LogP contribution in [0, 0.1) is 13.8 Å². The molecule has 0 saturated carbocycles. The van der Waals surface area contributed by atoms with Crippen LogP contribution in [0.4, 0.5) is 5.69 Å². The van der Waals surface area contributed by atoms with E-state index in [2.05, 4.69) is 10.6 Å².